The van der Waals surface area contributed by atoms with Crippen molar-refractivity contribution in [3.05, 3.63) is 54.1 Å². The van der Waals surface area contributed by atoms with Crippen molar-refractivity contribution in [2.75, 3.05) is 59.4 Å². The van der Waals surface area contributed by atoms with Gasteiger partial charge in [-0.1, -0.05) is 24.3 Å². The molecule has 1 unspecified atom stereocenters. The fourth-order valence-electron chi connectivity index (χ4n) is 3.51. The van der Waals surface area contributed by atoms with Gasteiger partial charge in [0.25, 0.3) is 0 Å². The second-order valence-electron chi connectivity index (χ2n) is 7.85. The summed E-state index contributed by atoms with van der Waals surface area (Å²) in [6.07, 6.45) is -0.157. The fourth-order valence-corrected chi connectivity index (χ4v) is 3.51. The maximum atomic E-state index is 9.96. The van der Waals surface area contributed by atoms with E-state index in [4.69, 9.17) is 9.47 Å². The van der Waals surface area contributed by atoms with Crippen LogP contribution in [0.25, 0.3) is 0 Å². The summed E-state index contributed by atoms with van der Waals surface area (Å²) in [4.78, 5) is 19.3. The fraction of sp³-hybridized carbons (Fsp3) is 0.435. The highest BCUT2D eigenvalue weighted by Gasteiger charge is 2.53. The number of benzene rings is 2. The minimum Gasteiger partial charge on any atom is -0.497 e. The Kier molecular flexibility index (Phi) is 6.84. The average Bonchev–Trinajstić information content (AvgIpc) is 3.36. The van der Waals surface area contributed by atoms with Gasteiger partial charge in [-0.15, -0.1) is 0 Å². The summed E-state index contributed by atoms with van der Waals surface area (Å²) in [6, 6.07) is 17.1. The third-order valence-electron chi connectivity index (χ3n) is 5.60. The van der Waals surface area contributed by atoms with Crippen LogP contribution in [0, 0.1) is 0 Å². The van der Waals surface area contributed by atoms with Crippen LogP contribution in [0.5, 0.6) is 11.5 Å². The third-order valence-corrected chi connectivity index (χ3v) is 5.60. The lowest BCUT2D eigenvalue weighted by Gasteiger charge is -2.39. The number of carbonyl (C=O) groups is 1. The summed E-state index contributed by atoms with van der Waals surface area (Å²) in [5.74, 6) is 1.86. The number of carbonyl (C=O) groups excluding carboxylic acids is 1. The Morgan fingerprint density at radius 3 is 2.00 bits per heavy atom. The SMILES string of the molecule is COc1ccc(C(C)N2CCN(c3ccccc3OC)CC2)cc1.C[N+]1(C)OC1=O. The van der Waals surface area contributed by atoms with Gasteiger partial charge in [-0.05, 0) is 41.4 Å². The lowest BCUT2D eigenvalue weighted by Crippen LogP contribution is -2.47. The maximum absolute atomic E-state index is 9.96. The van der Waals surface area contributed by atoms with Crippen LogP contribution in [-0.2, 0) is 4.84 Å². The van der Waals surface area contributed by atoms with Crippen molar-refractivity contribution in [3.63, 3.8) is 0 Å². The number of anilines is 1. The molecule has 1 atom stereocenters. The van der Waals surface area contributed by atoms with Crippen molar-refractivity contribution in [3.8, 4) is 11.5 Å². The van der Waals surface area contributed by atoms with Crippen LogP contribution in [0.1, 0.15) is 18.5 Å². The van der Waals surface area contributed by atoms with E-state index >= 15 is 0 Å². The molecule has 2 aliphatic heterocycles. The Morgan fingerprint density at radius 1 is 0.933 bits per heavy atom. The summed E-state index contributed by atoms with van der Waals surface area (Å²) in [6.45, 7) is 6.40. The van der Waals surface area contributed by atoms with E-state index in [0.717, 1.165) is 37.7 Å². The zero-order chi connectivity index (χ0) is 21.7. The maximum Gasteiger partial charge on any atom is 0.609 e. The van der Waals surface area contributed by atoms with Crippen molar-refractivity contribution in [2.45, 2.75) is 13.0 Å². The molecule has 0 aromatic heterocycles. The minimum absolute atomic E-state index is 0.0972. The largest absolute Gasteiger partial charge is 0.609 e. The second-order valence-corrected chi connectivity index (χ2v) is 7.85. The Balaban J connectivity index is 0.000000367. The molecule has 0 aliphatic carbocycles. The molecule has 2 aliphatic rings. The minimum atomic E-state index is -0.157. The van der Waals surface area contributed by atoms with Crippen LogP contribution >= 0.6 is 0 Å². The average molecular weight is 415 g/mol. The zero-order valence-corrected chi connectivity index (χ0v) is 18.5. The number of rotatable bonds is 5. The van der Waals surface area contributed by atoms with Gasteiger partial charge in [-0.25, -0.2) is 4.84 Å². The number of hydrogen-bond acceptors (Lipinski definition) is 6. The third kappa shape index (κ3) is 5.23. The number of ether oxygens (including phenoxy) is 2. The molecule has 0 radical (unpaired) electrons. The Bertz CT molecular complexity index is 846. The molecule has 30 heavy (non-hydrogen) atoms. The van der Waals surface area contributed by atoms with Crippen LogP contribution in [0.15, 0.2) is 48.5 Å². The molecule has 7 nitrogen and oxygen atoms in total. The summed E-state index contributed by atoms with van der Waals surface area (Å²) in [5.41, 5.74) is 2.53. The Hall–Kier alpha value is -2.77. The van der Waals surface area contributed by atoms with Crippen LogP contribution in [-0.4, -0.2) is 70.1 Å². The normalized spacial score (nSPS) is 18.6. The Labute approximate surface area is 178 Å². The van der Waals surface area contributed by atoms with Crippen molar-refractivity contribution in [1.29, 1.82) is 0 Å². The summed E-state index contributed by atoms with van der Waals surface area (Å²) in [5, 5.41) is 0. The van der Waals surface area contributed by atoms with Gasteiger partial charge in [-0.2, -0.15) is 4.79 Å². The molecule has 7 heteroatoms. The van der Waals surface area contributed by atoms with E-state index in [1.54, 1.807) is 28.3 Å². The monoisotopic (exact) mass is 414 g/mol. The summed E-state index contributed by atoms with van der Waals surface area (Å²) >= 11 is 0. The van der Waals surface area contributed by atoms with Crippen molar-refractivity contribution in [1.82, 2.24) is 4.90 Å². The van der Waals surface area contributed by atoms with Crippen LogP contribution < -0.4 is 14.4 Å². The van der Waals surface area contributed by atoms with Gasteiger partial charge in [0.2, 0.25) is 0 Å². The van der Waals surface area contributed by atoms with E-state index in [1.165, 1.54) is 11.3 Å². The van der Waals surface area contributed by atoms with E-state index in [2.05, 4.69) is 45.8 Å². The lowest BCUT2D eigenvalue weighted by molar-refractivity contribution is -0.856. The number of nitrogens with zero attached hydrogens (tertiary/aromatic N) is 3. The number of quaternary nitrogens is 1. The zero-order valence-electron chi connectivity index (χ0n) is 18.5. The molecule has 2 heterocycles. The standard InChI is InChI=1S/C20H26N2O2.C3H6NO2/c1-16(17-8-10-18(23-2)11-9-17)21-12-14-22(15-13-21)19-6-4-5-7-20(19)24-3;1-4(2)3(5)6-4/h4-11,16H,12-15H2,1-3H3;1-2H3/q;+1. The topological polar surface area (TPSA) is 54.5 Å². The molecule has 0 N–H and O–H groups in total. The van der Waals surface area contributed by atoms with E-state index in [1.807, 2.05) is 24.3 Å². The second kappa shape index (κ2) is 9.36. The van der Waals surface area contributed by atoms with Gasteiger partial charge in [0.15, 0.2) is 0 Å². The van der Waals surface area contributed by atoms with Crippen molar-refractivity contribution in [2.24, 2.45) is 0 Å². The number of hydroxylamine groups is 3. The molecule has 0 bridgehead atoms. The van der Waals surface area contributed by atoms with Crippen LogP contribution in [0.4, 0.5) is 10.5 Å². The van der Waals surface area contributed by atoms with Gasteiger partial charge in [0.05, 0.1) is 19.9 Å². The van der Waals surface area contributed by atoms with Gasteiger partial charge < -0.3 is 14.4 Å². The number of para-hydroxylation sites is 2. The van der Waals surface area contributed by atoms with E-state index in [-0.39, 0.29) is 10.7 Å². The molecule has 0 saturated carbocycles. The number of piperazine rings is 1. The number of amides is 1. The number of hydrogen-bond donors (Lipinski definition) is 0. The molecule has 2 saturated heterocycles. The highest BCUT2D eigenvalue weighted by Crippen LogP contribution is 2.30. The molecule has 4 rings (SSSR count). The lowest BCUT2D eigenvalue weighted by atomic mass is 10.1. The molecule has 1 amide bonds. The molecular formula is C23H32N3O4+. The molecule has 0 spiro atoms. The first-order valence-electron chi connectivity index (χ1n) is 10.2. The van der Waals surface area contributed by atoms with Gasteiger partial charge in [0, 0.05) is 32.2 Å². The number of methoxy groups -OCH3 is 2. The van der Waals surface area contributed by atoms with Crippen molar-refractivity contribution < 1.29 is 23.8 Å². The molecule has 2 aromatic rings. The van der Waals surface area contributed by atoms with Gasteiger partial charge in [0.1, 0.15) is 25.6 Å². The highest BCUT2D eigenvalue weighted by molar-refractivity contribution is 5.65. The Morgan fingerprint density at radius 2 is 1.50 bits per heavy atom. The predicted molar refractivity (Wildman–Crippen MR) is 117 cm³/mol. The molecule has 162 valence electrons. The quantitative estimate of drug-likeness (QED) is 0.549. The van der Waals surface area contributed by atoms with E-state index in [0.29, 0.717) is 6.04 Å². The summed E-state index contributed by atoms with van der Waals surface area (Å²) in [7, 11) is 6.81. The first-order chi connectivity index (χ1) is 14.4. The van der Waals surface area contributed by atoms with Crippen molar-refractivity contribution >= 4 is 11.8 Å². The van der Waals surface area contributed by atoms with Gasteiger partial charge in [-0.3, -0.25) is 4.90 Å². The smallest absolute Gasteiger partial charge is 0.497 e. The summed E-state index contributed by atoms with van der Waals surface area (Å²) < 4.78 is 10.8. The van der Waals surface area contributed by atoms with Gasteiger partial charge >= 0.3 is 6.09 Å². The van der Waals surface area contributed by atoms with Crippen LogP contribution in [0.3, 0.4) is 0 Å². The molecule has 2 aromatic carbocycles. The van der Waals surface area contributed by atoms with E-state index < -0.39 is 0 Å². The predicted octanol–water partition coefficient (Wildman–Crippen LogP) is 3.72. The van der Waals surface area contributed by atoms with Crippen LogP contribution in [0.2, 0.25) is 0 Å². The molecule has 2 fully saturated rings. The highest BCUT2D eigenvalue weighted by atomic mass is 16.9. The van der Waals surface area contributed by atoms with E-state index in [9.17, 15) is 4.79 Å². The first-order valence-corrected chi connectivity index (χ1v) is 10.2. The first kappa shape index (κ1) is 21.9. The molecular weight excluding hydrogens is 382 g/mol.